The second-order valence-corrected chi connectivity index (χ2v) is 2.80. The molecule has 0 saturated heterocycles. The van der Waals surface area contributed by atoms with Crippen molar-refractivity contribution >= 4 is 11.9 Å². The molecule has 11 heavy (non-hydrogen) atoms. The van der Waals surface area contributed by atoms with Crippen LogP contribution in [0.5, 0.6) is 0 Å². The summed E-state index contributed by atoms with van der Waals surface area (Å²) in [6.45, 7) is 4.65. The van der Waals surface area contributed by atoms with Crippen molar-refractivity contribution in [1.82, 2.24) is 5.32 Å². The van der Waals surface area contributed by atoms with Gasteiger partial charge >= 0.3 is 6.09 Å². The average Bonchev–Trinajstić information content (AvgIpc) is 1.86. The standard InChI is InChI=1S/C7H13NO3/c1-5(9)7(2,3)8-6(10)11-4/h1-4H3,(H,8,10). The number of ketones is 1. The molecule has 1 N–H and O–H groups in total. The van der Waals surface area contributed by atoms with Crippen molar-refractivity contribution in [3.8, 4) is 0 Å². The first kappa shape index (κ1) is 9.94. The van der Waals surface area contributed by atoms with Crippen molar-refractivity contribution in [2.45, 2.75) is 26.3 Å². The molecule has 0 aliphatic carbocycles. The minimum atomic E-state index is -0.840. The summed E-state index contributed by atoms with van der Waals surface area (Å²) >= 11 is 0. The molecule has 0 saturated carbocycles. The highest BCUT2D eigenvalue weighted by atomic mass is 16.5. The van der Waals surface area contributed by atoms with Crippen LogP contribution in [0.3, 0.4) is 0 Å². The smallest absolute Gasteiger partial charge is 0.407 e. The molecule has 64 valence electrons. The van der Waals surface area contributed by atoms with Gasteiger partial charge in [-0.2, -0.15) is 0 Å². The number of carbonyl (C=O) groups is 2. The first-order valence-electron chi connectivity index (χ1n) is 3.27. The van der Waals surface area contributed by atoms with Gasteiger partial charge in [0.1, 0.15) is 0 Å². The summed E-state index contributed by atoms with van der Waals surface area (Å²) in [6.07, 6.45) is -0.592. The van der Waals surface area contributed by atoms with E-state index in [1.807, 2.05) is 0 Å². The summed E-state index contributed by atoms with van der Waals surface area (Å²) in [6, 6.07) is 0. The van der Waals surface area contributed by atoms with E-state index in [1.54, 1.807) is 13.8 Å². The van der Waals surface area contributed by atoms with Crippen LogP contribution in [-0.4, -0.2) is 24.5 Å². The molecular formula is C7H13NO3. The SMILES string of the molecule is COC(=O)NC(C)(C)C(C)=O. The van der Waals surface area contributed by atoms with E-state index in [0.29, 0.717) is 0 Å². The van der Waals surface area contributed by atoms with Crippen LogP contribution < -0.4 is 5.32 Å². The summed E-state index contributed by atoms with van der Waals surface area (Å²) in [5, 5.41) is 2.39. The Morgan fingerprint density at radius 1 is 1.36 bits per heavy atom. The molecule has 0 radical (unpaired) electrons. The zero-order valence-electron chi connectivity index (χ0n) is 7.22. The van der Waals surface area contributed by atoms with Gasteiger partial charge in [-0.05, 0) is 20.8 Å². The number of Topliss-reactive ketones (excluding diaryl/α,β-unsaturated/α-hetero) is 1. The second-order valence-electron chi connectivity index (χ2n) is 2.80. The average molecular weight is 159 g/mol. The molecule has 1 amide bonds. The molecular weight excluding hydrogens is 146 g/mol. The van der Waals surface area contributed by atoms with E-state index in [0.717, 1.165) is 0 Å². The molecule has 0 aromatic carbocycles. The fourth-order valence-corrected chi connectivity index (χ4v) is 0.394. The van der Waals surface area contributed by atoms with E-state index in [-0.39, 0.29) is 5.78 Å². The molecule has 0 rings (SSSR count). The Morgan fingerprint density at radius 3 is 2.09 bits per heavy atom. The quantitative estimate of drug-likeness (QED) is 0.645. The Balaban J connectivity index is 4.12. The molecule has 4 heteroatoms. The lowest BCUT2D eigenvalue weighted by molar-refractivity contribution is -0.121. The van der Waals surface area contributed by atoms with Gasteiger partial charge in [0.15, 0.2) is 5.78 Å². The van der Waals surface area contributed by atoms with E-state index in [9.17, 15) is 9.59 Å². The highest BCUT2D eigenvalue weighted by Gasteiger charge is 2.25. The van der Waals surface area contributed by atoms with Crippen LogP contribution in [0.4, 0.5) is 4.79 Å². The number of hydrogen-bond acceptors (Lipinski definition) is 3. The number of amides is 1. The van der Waals surface area contributed by atoms with Gasteiger partial charge < -0.3 is 10.1 Å². The topological polar surface area (TPSA) is 55.4 Å². The van der Waals surface area contributed by atoms with Gasteiger partial charge in [0.2, 0.25) is 0 Å². The van der Waals surface area contributed by atoms with Gasteiger partial charge in [0.05, 0.1) is 12.6 Å². The molecule has 0 aliphatic rings. The van der Waals surface area contributed by atoms with E-state index >= 15 is 0 Å². The summed E-state index contributed by atoms with van der Waals surface area (Å²) in [5.41, 5.74) is -0.840. The van der Waals surface area contributed by atoms with E-state index in [2.05, 4.69) is 10.1 Å². The Labute approximate surface area is 65.9 Å². The highest BCUT2D eigenvalue weighted by molar-refractivity contribution is 5.88. The van der Waals surface area contributed by atoms with Gasteiger partial charge in [-0.25, -0.2) is 4.79 Å². The van der Waals surface area contributed by atoms with Gasteiger partial charge in [-0.1, -0.05) is 0 Å². The number of rotatable bonds is 2. The maximum absolute atomic E-state index is 10.8. The van der Waals surface area contributed by atoms with Crippen LogP contribution in [0.2, 0.25) is 0 Å². The molecule has 0 unspecified atom stereocenters. The van der Waals surface area contributed by atoms with Crippen molar-refractivity contribution in [3.05, 3.63) is 0 Å². The molecule has 0 bridgehead atoms. The minimum absolute atomic E-state index is 0.108. The molecule has 0 aromatic rings. The molecule has 0 heterocycles. The van der Waals surface area contributed by atoms with Crippen LogP contribution in [-0.2, 0) is 9.53 Å². The van der Waals surface area contributed by atoms with Crippen LogP contribution in [0.1, 0.15) is 20.8 Å². The van der Waals surface area contributed by atoms with Gasteiger partial charge in [0, 0.05) is 0 Å². The number of nitrogens with one attached hydrogen (secondary N) is 1. The summed E-state index contributed by atoms with van der Waals surface area (Å²) in [7, 11) is 1.26. The van der Waals surface area contributed by atoms with E-state index in [4.69, 9.17) is 0 Å². The van der Waals surface area contributed by atoms with E-state index in [1.165, 1.54) is 14.0 Å². The minimum Gasteiger partial charge on any atom is -0.453 e. The monoisotopic (exact) mass is 159 g/mol. The maximum Gasteiger partial charge on any atom is 0.407 e. The van der Waals surface area contributed by atoms with Crippen molar-refractivity contribution in [3.63, 3.8) is 0 Å². The Morgan fingerprint density at radius 2 is 1.82 bits per heavy atom. The number of alkyl carbamates (subject to hydrolysis) is 1. The largest absolute Gasteiger partial charge is 0.453 e. The summed E-state index contributed by atoms with van der Waals surface area (Å²) in [4.78, 5) is 21.5. The first-order chi connectivity index (χ1) is 4.90. The molecule has 4 nitrogen and oxygen atoms in total. The molecule has 0 fully saturated rings. The Kier molecular flexibility index (Phi) is 3.04. The van der Waals surface area contributed by atoms with Gasteiger partial charge in [-0.3, -0.25) is 4.79 Å². The fourth-order valence-electron chi connectivity index (χ4n) is 0.394. The second kappa shape index (κ2) is 3.37. The van der Waals surface area contributed by atoms with Gasteiger partial charge in [-0.15, -0.1) is 0 Å². The number of hydrogen-bond donors (Lipinski definition) is 1. The molecule has 0 atom stereocenters. The third-order valence-corrected chi connectivity index (χ3v) is 1.48. The van der Waals surface area contributed by atoms with Crippen LogP contribution in [0, 0.1) is 0 Å². The first-order valence-corrected chi connectivity index (χ1v) is 3.27. The zero-order chi connectivity index (χ0) is 9.07. The third kappa shape index (κ3) is 3.02. The van der Waals surface area contributed by atoms with Crippen LogP contribution in [0.25, 0.3) is 0 Å². The predicted molar refractivity (Wildman–Crippen MR) is 40.3 cm³/mol. The molecule has 0 aliphatic heterocycles. The fraction of sp³-hybridized carbons (Fsp3) is 0.714. The van der Waals surface area contributed by atoms with Gasteiger partial charge in [0.25, 0.3) is 0 Å². The number of ether oxygens (including phenoxy) is 1. The summed E-state index contributed by atoms with van der Waals surface area (Å²) < 4.78 is 4.33. The Bertz CT molecular complexity index is 175. The Hall–Kier alpha value is -1.06. The predicted octanol–water partition coefficient (Wildman–Crippen LogP) is 0.710. The normalized spacial score (nSPS) is 10.5. The highest BCUT2D eigenvalue weighted by Crippen LogP contribution is 2.02. The lowest BCUT2D eigenvalue weighted by Crippen LogP contribution is -2.48. The lowest BCUT2D eigenvalue weighted by Gasteiger charge is -2.21. The van der Waals surface area contributed by atoms with Crippen molar-refractivity contribution in [1.29, 1.82) is 0 Å². The van der Waals surface area contributed by atoms with E-state index < -0.39 is 11.6 Å². The third-order valence-electron chi connectivity index (χ3n) is 1.48. The van der Waals surface area contributed by atoms with Crippen molar-refractivity contribution in [2.75, 3.05) is 7.11 Å². The lowest BCUT2D eigenvalue weighted by atomic mass is 10.0. The van der Waals surface area contributed by atoms with Crippen LogP contribution in [0.15, 0.2) is 0 Å². The number of carbonyl (C=O) groups excluding carboxylic acids is 2. The summed E-state index contributed by atoms with van der Waals surface area (Å²) in [5.74, 6) is -0.108. The maximum atomic E-state index is 10.8. The van der Waals surface area contributed by atoms with Crippen molar-refractivity contribution in [2.24, 2.45) is 0 Å². The van der Waals surface area contributed by atoms with Crippen molar-refractivity contribution < 1.29 is 14.3 Å². The van der Waals surface area contributed by atoms with Crippen LogP contribution >= 0.6 is 0 Å². The number of methoxy groups -OCH3 is 1. The zero-order valence-corrected chi connectivity index (χ0v) is 7.22. The molecule has 0 spiro atoms. The molecule has 0 aromatic heterocycles.